The molecule has 4 heteroatoms. The Morgan fingerprint density at radius 1 is 1.29 bits per heavy atom. The van der Waals surface area contributed by atoms with Crippen molar-refractivity contribution in [1.29, 1.82) is 0 Å². The van der Waals surface area contributed by atoms with Crippen LogP contribution in [-0.2, 0) is 14.3 Å². The maximum absolute atomic E-state index is 11.9. The molecule has 3 heterocycles. The van der Waals surface area contributed by atoms with Gasteiger partial charge in [0, 0.05) is 19.0 Å². The van der Waals surface area contributed by atoms with Crippen molar-refractivity contribution in [3.05, 3.63) is 12.2 Å². The summed E-state index contributed by atoms with van der Waals surface area (Å²) < 4.78 is 5.59. The zero-order valence-corrected chi connectivity index (χ0v) is 10.1. The number of nitrogens with zero attached hydrogens (tertiary/aromatic N) is 1. The van der Waals surface area contributed by atoms with E-state index in [1.807, 2.05) is 11.0 Å². The average molecular weight is 235 g/mol. The first-order valence-corrected chi connectivity index (χ1v) is 6.30. The van der Waals surface area contributed by atoms with Gasteiger partial charge in [-0.3, -0.25) is 4.79 Å². The molecule has 1 amide bonds. The molecular formula is C13H17NO3. The van der Waals surface area contributed by atoms with Gasteiger partial charge in [0.25, 0.3) is 0 Å². The van der Waals surface area contributed by atoms with Crippen molar-refractivity contribution < 1.29 is 14.3 Å². The van der Waals surface area contributed by atoms with Crippen molar-refractivity contribution in [1.82, 2.24) is 4.90 Å². The molecule has 0 aromatic heterocycles. The summed E-state index contributed by atoms with van der Waals surface area (Å²) >= 11 is 0. The molecule has 2 fully saturated rings. The highest BCUT2D eigenvalue weighted by Gasteiger charge is 2.59. The Hall–Kier alpha value is -1.32. The van der Waals surface area contributed by atoms with Gasteiger partial charge in [-0.05, 0) is 38.7 Å². The molecule has 0 aromatic rings. The summed E-state index contributed by atoms with van der Waals surface area (Å²) in [4.78, 5) is 25.3. The van der Waals surface area contributed by atoms with Crippen LogP contribution in [0.5, 0.6) is 0 Å². The largest absolute Gasteiger partial charge is 0.449 e. The summed E-state index contributed by atoms with van der Waals surface area (Å²) in [7, 11) is 0. The first-order valence-electron chi connectivity index (χ1n) is 6.30. The number of ether oxygens (including phenoxy) is 1. The molecule has 0 radical (unpaired) electrons. The zero-order valence-electron chi connectivity index (χ0n) is 10.1. The number of hydrogen-bond donors (Lipinski definition) is 0. The molecule has 2 atom stereocenters. The fraction of sp³-hybridized carbons (Fsp3) is 0.692. The SMILES string of the molecule is C[C@@]12CCC(=O)N1CCCC[C@]21C=CC(=O)O1. The highest BCUT2D eigenvalue weighted by molar-refractivity contribution is 5.86. The zero-order chi connectivity index (χ0) is 12.1. The Balaban J connectivity index is 2.05. The van der Waals surface area contributed by atoms with E-state index in [1.54, 1.807) is 0 Å². The lowest BCUT2D eigenvalue weighted by Gasteiger charge is -2.45. The minimum atomic E-state index is -0.577. The number of rotatable bonds is 0. The number of carbonyl (C=O) groups is 2. The van der Waals surface area contributed by atoms with Gasteiger partial charge in [-0.2, -0.15) is 0 Å². The van der Waals surface area contributed by atoms with Crippen molar-refractivity contribution >= 4 is 11.9 Å². The summed E-state index contributed by atoms with van der Waals surface area (Å²) in [5.41, 5.74) is -0.921. The maximum atomic E-state index is 11.9. The summed E-state index contributed by atoms with van der Waals surface area (Å²) in [6.07, 6.45) is 7.57. The van der Waals surface area contributed by atoms with Crippen LogP contribution < -0.4 is 0 Å². The summed E-state index contributed by atoms with van der Waals surface area (Å²) in [5.74, 6) is -0.0717. The lowest BCUT2D eigenvalue weighted by atomic mass is 9.77. The van der Waals surface area contributed by atoms with Gasteiger partial charge in [-0.25, -0.2) is 4.79 Å². The summed E-state index contributed by atoms with van der Waals surface area (Å²) in [5, 5.41) is 0. The van der Waals surface area contributed by atoms with Gasteiger partial charge in [0.1, 0.15) is 0 Å². The Morgan fingerprint density at radius 3 is 2.82 bits per heavy atom. The van der Waals surface area contributed by atoms with E-state index < -0.39 is 5.60 Å². The van der Waals surface area contributed by atoms with Gasteiger partial charge in [-0.15, -0.1) is 0 Å². The predicted octanol–water partition coefficient (Wildman–Crippen LogP) is 1.40. The first-order chi connectivity index (χ1) is 8.07. The average Bonchev–Trinajstić information content (AvgIpc) is 2.76. The monoisotopic (exact) mass is 235 g/mol. The second-order valence-corrected chi connectivity index (χ2v) is 5.42. The first kappa shape index (κ1) is 10.8. The smallest absolute Gasteiger partial charge is 0.331 e. The molecule has 92 valence electrons. The molecule has 3 aliphatic heterocycles. The van der Waals surface area contributed by atoms with Crippen molar-refractivity contribution in [2.45, 2.75) is 50.2 Å². The van der Waals surface area contributed by atoms with E-state index in [4.69, 9.17) is 4.74 Å². The molecule has 17 heavy (non-hydrogen) atoms. The molecule has 0 aliphatic carbocycles. The van der Waals surface area contributed by atoms with Crippen LogP contribution in [0, 0.1) is 0 Å². The molecular weight excluding hydrogens is 218 g/mol. The molecule has 1 spiro atoms. The van der Waals surface area contributed by atoms with E-state index in [9.17, 15) is 9.59 Å². The van der Waals surface area contributed by atoms with Crippen LogP contribution >= 0.6 is 0 Å². The Bertz CT molecular complexity index is 417. The van der Waals surface area contributed by atoms with Gasteiger partial charge in [0.2, 0.25) is 5.91 Å². The third-order valence-corrected chi connectivity index (χ3v) is 4.59. The van der Waals surface area contributed by atoms with E-state index in [-0.39, 0.29) is 17.4 Å². The van der Waals surface area contributed by atoms with Crippen LogP contribution in [0.2, 0.25) is 0 Å². The molecule has 2 saturated heterocycles. The van der Waals surface area contributed by atoms with Crippen LogP contribution in [-0.4, -0.2) is 34.5 Å². The lowest BCUT2D eigenvalue weighted by Crippen LogP contribution is -2.59. The van der Waals surface area contributed by atoms with E-state index >= 15 is 0 Å². The normalized spacial score (nSPS) is 40.6. The van der Waals surface area contributed by atoms with E-state index in [2.05, 4.69) is 6.92 Å². The van der Waals surface area contributed by atoms with Crippen molar-refractivity contribution in [2.75, 3.05) is 6.54 Å². The fourth-order valence-corrected chi connectivity index (χ4v) is 3.51. The van der Waals surface area contributed by atoms with Crippen LogP contribution in [0.4, 0.5) is 0 Å². The maximum Gasteiger partial charge on any atom is 0.331 e. The number of amides is 1. The van der Waals surface area contributed by atoms with Crippen molar-refractivity contribution in [2.24, 2.45) is 0 Å². The molecule has 0 aromatic carbocycles. The quantitative estimate of drug-likeness (QED) is 0.596. The fourth-order valence-electron chi connectivity index (χ4n) is 3.51. The van der Waals surface area contributed by atoms with Gasteiger partial charge in [0.15, 0.2) is 5.60 Å². The van der Waals surface area contributed by atoms with Crippen molar-refractivity contribution in [3.63, 3.8) is 0 Å². The van der Waals surface area contributed by atoms with E-state index in [1.165, 1.54) is 6.08 Å². The number of fused-ring (bicyclic) bond motifs is 2. The van der Waals surface area contributed by atoms with Crippen LogP contribution in [0.3, 0.4) is 0 Å². The third-order valence-electron chi connectivity index (χ3n) is 4.59. The highest BCUT2D eigenvalue weighted by atomic mass is 16.6. The molecule has 0 N–H and O–H groups in total. The minimum absolute atomic E-state index is 0.199. The predicted molar refractivity (Wildman–Crippen MR) is 61.2 cm³/mol. The molecule has 0 unspecified atom stereocenters. The second kappa shape index (κ2) is 3.34. The molecule has 0 saturated carbocycles. The summed E-state index contributed by atoms with van der Waals surface area (Å²) in [6, 6.07) is 0. The van der Waals surface area contributed by atoms with E-state index in [0.717, 1.165) is 32.2 Å². The van der Waals surface area contributed by atoms with Gasteiger partial charge in [0.05, 0.1) is 5.54 Å². The van der Waals surface area contributed by atoms with Crippen LogP contribution in [0.15, 0.2) is 12.2 Å². The Kier molecular flexibility index (Phi) is 2.12. The van der Waals surface area contributed by atoms with E-state index in [0.29, 0.717) is 6.42 Å². The minimum Gasteiger partial charge on any atom is -0.449 e. The van der Waals surface area contributed by atoms with Crippen molar-refractivity contribution in [3.8, 4) is 0 Å². The Morgan fingerprint density at radius 2 is 2.12 bits per heavy atom. The molecule has 0 bridgehead atoms. The Labute approximate surface area is 101 Å². The van der Waals surface area contributed by atoms with Gasteiger partial charge < -0.3 is 9.64 Å². The number of esters is 1. The molecule has 4 nitrogen and oxygen atoms in total. The summed E-state index contributed by atoms with van der Waals surface area (Å²) in [6.45, 7) is 2.86. The molecule has 3 aliphatic rings. The number of carbonyl (C=O) groups excluding carboxylic acids is 2. The highest BCUT2D eigenvalue weighted by Crippen LogP contribution is 2.48. The molecule has 3 rings (SSSR count). The second-order valence-electron chi connectivity index (χ2n) is 5.42. The number of hydrogen-bond acceptors (Lipinski definition) is 3. The third kappa shape index (κ3) is 1.30. The standard InChI is InChI=1S/C13H17NO3/c1-12-7-4-10(15)14(12)9-3-2-6-13(12)8-5-11(16)17-13/h5,8H,2-4,6-7,9H2,1H3/t12-,13-/m0/s1. The van der Waals surface area contributed by atoms with Crippen LogP contribution in [0.1, 0.15) is 39.0 Å². The van der Waals surface area contributed by atoms with Crippen LogP contribution in [0.25, 0.3) is 0 Å². The topological polar surface area (TPSA) is 46.6 Å². The van der Waals surface area contributed by atoms with Gasteiger partial charge in [-0.1, -0.05) is 0 Å². The van der Waals surface area contributed by atoms with Gasteiger partial charge >= 0.3 is 5.97 Å². The lowest BCUT2D eigenvalue weighted by molar-refractivity contribution is -0.160.